The van der Waals surface area contributed by atoms with Gasteiger partial charge < -0.3 is 5.32 Å². The van der Waals surface area contributed by atoms with E-state index in [0.29, 0.717) is 22.3 Å². The largest absolute Gasteiger partial charge is 0.314 e. The van der Waals surface area contributed by atoms with Gasteiger partial charge >= 0.3 is 0 Å². The lowest BCUT2D eigenvalue weighted by atomic mass is 9.97. The van der Waals surface area contributed by atoms with Crippen LogP contribution < -0.4 is 5.32 Å². The molecule has 22 heavy (non-hydrogen) atoms. The number of halogens is 4. The first-order chi connectivity index (χ1) is 9.58. The zero-order chi connectivity index (χ0) is 14.5. The number of rotatable bonds is 5. The van der Waals surface area contributed by atoms with Gasteiger partial charge in [0, 0.05) is 37.8 Å². The standard InChI is InChI=1S/C15H23Cl2N3.2ClH/c1-11(2)3-5-13(20-9-7-18-8-10-20)12-4-6-14(16)19-15(12)17;;/h4,6,11,13,18H,3,5,7-10H2,1-2H3;2*1H/t13-;;/m0../s1. The molecule has 1 aromatic heterocycles. The van der Waals surface area contributed by atoms with E-state index < -0.39 is 0 Å². The summed E-state index contributed by atoms with van der Waals surface area (Å²) in [6.45, 7) is 8.71. The number of hydrogen-bond acceptors (Lipinski definition) is 3. The van der Waals surface area contributed by atoms with Gasteiger partial charge in [0.2, 0.25) is 0 Å². The summed E-state index contributed by atoms with van der Waals surface area (Å²) in [5.74, 6) is 0.694. The Labute approximate surface area is 156 Å². The van der Waals surface area contributed by atoms with E-state index in [2.05, 4.69) is 29.0 Å². The summed E-state index contributed by atoms with van der Waals surface area (Å²) in [5, 5.41) is 4.40. The molecule has 1 N–H and O–H groups in total. The fraction of sp³-hybridized carbons (Fsp3) is 0.667. The molecule has 3 nitrogen and oxygen atoms in total. The monoisotopic (exact) mass is 387 g/mol. The number of piperazine rings is 1. The van der Waals surface area contributed by atoms with Gasteiger partial charge in [0.05, 0.1) is 0 Å². The van der Waals surface area contributed by atoms with Crippen molar-refractivity contribution in [3.63, 3.8) is 0 Å². The number of pyridine rings is 1. The van der Waals surface area contributed by atoms with Gasteiger partial charge in [0.1, 0.15) is 10.3 Å². The molecule has 0 unspecified atom stereocenters. The molecule has 0 bridgehead atoms. The summed E-state index contributed by atoms with van der Waals surface area (Å²) in [6.07, 6.45) is 2.30. The lowest BCUT2D eigenvalue weighted by Gasteiger charge is -2.35. The maximum absolute atomic E-state index is 6.32. The Morgan fingerprint density at radius 1 is 1.14 bits per heavy atom. The molecule has 0 aliphatic carbocycles. The summed E-state index contributed by atoms with van der Waals surface area (Å²) < 4.78 is 0. The molecule has 0 radical (unpaired) electrons. The Hall–Kier alpha value is 0.230. The molecule has 2 heterocycles. The molecule has 1 aliphatic heterocycles. The number of aromatic nitrogens is 1. The Kier molecular flexibility index (Phi) is 11.0. The highest BCUT2D eigenvalue weighted by molar-refractivity contribution is 6.32. The molecular weight excluding hydrogens is 364 g/mol. The van der Waals surface area contributed by atoms with Gasteiger partial charge in [-0.3, -0.25) is 4.90 Å². The zero-order valence-electron chi connectivity index (χ0n) is 13.0. The lowest BCUT2D eigenvalue weighted by Crippen LogP contribution is -2.45. The summed E-state index contributed by atoms with van der Waals surface area (Å²) in [4.78, 5) is 6.71. The fourth-order valence-electron chi connectivity index (χ4n) is 2.69. The molecule has 0 saturated carbocycles. The third kappa shape index (κ3) is 6.38. The van der Waals surface area contributed by atoms with E-state index in [1.54, 1.807) is 0 Å². The van der Waals surface area contributed by atoms with E-state index in [-0.39, 0.29) is 24.8 Å². The van der Waals surface area contributed by atoms with E-state index in [1.807, 2.05) is 12.1 Å². The van der Waals surface area contributed by atoms with Gasteiger partial charge in [0.15, 0.2) is 0 Å². The molecule has 0 amide bonds. The molecule has 1 saturated heterocycles. The smallest absolute Gasteiger partial charge is 0.135 e. The average Bonchev–Trinajstić information content (AvgIpc) is 2.42. The first kappa shape index (κ1) is 22.2. The van der Waals surface area contributed by atoms with Crippen molar-refractivity contribution in [2.75, 3.05) is 26.2 Å². The van der Waals surface area contributed by atoms with E-state index in [1.165, 1.54) is 6.42 Å². The van der Waals surface area contributed by atoms with Gasteiger partial charge in [-0.2, -0.15) is 0 Å². The van der Waals surface area contributed by atoms with Gasteiger partial charge in [-0.1, -0.05) is 43.1 Å². The number of nitrogens with one attached hydrogen (secondary N) is 1. The Balaban J connectivity index is 0.00000220. The van der Waals surface area contributed by atoms with E-state index in [0.717, 1.165) is 38.2 Å². The minimum absolute atomic E-state index is 0. The summed E-state index contributed by atoms with van der Waals surface area (Å²) in [6, 6.07) is 4.22. The molecular formula is C15H25Cl4N3. The van der Waals surface area contributed by atoms with Crippen LogP contribution in [0.3, 0.4) is 0 Å². The predicted molar refractivity (Wildman–Crippen MR) is 100 cm³/mol. The molecule has 1 fully saturated rings. The Morgan fingerprint density at radius 2 is 1.77 bits per heavy atom. The summed E-state index contributed by atoms with van der Waals surface area (Å²) in [5.41, 5.74) is 1.11. The van der Waals surface area contributed by atoms with Crippen molar-refractivity contribution in [1.82, 2.24) is 15.2 Å². The normalized spacial score (nSPS) is 16.8. The first-order valence-corrected chi connectivity index (χ1v) is 8.10. The highest BCUT2D eigenvalue weighted by Crippen LogP contribution is 2.32. The quantitative estimate of drug-likeness (QED) is 0.746. The summed E-state index contributed by atoms with van der Waals surface area (Å²) in [7, 11) is 0. The molecule has 0 aromatic carbocycles. The van der Waals surface area contributed by atoms with Crippen LogP contribution in [0.4, 0.5) is 0 Å². The SMILES string of the molecule is CC(C)CC[C@@H](c1ccc(Cl)nc1Cl)N1CCNCC1.Cl.Cl. The minimum Gasteiger partial charge on any atom is -0.314 e. The van der Waals surface area contributed by atoms with E-state index in [4.69, 9.17) is 23.2 Å². The van der Waals surface area contributed by atoms with Crippen LogP contribution in [0.2, 0.25) is 10.3 Å². The van der Waals surface area contributed by atoms with Crippen molar-refractivity contribution >= 4 is 48.0 Å². The second-order valence-corrected chi connectivity index (χ2v) is 6.53. The Bertz CT molecular complexity index is 437. The van der Waals surface area contributed by atoms with Crippen molar-refractivity contribution in [1.29, 1.82) is 0 Å². The molecule has 2 rings (SSSR count). The third-order valence-electron chi connectivity index (χ3n) is 3.81. The van der Waals surface area contributed by atoms with Gasteiger partial charge in [-0.25, -0.2) is 4.98 Å². The predicted octanol–water partition coefficient (Wildman–Crippen LogP) is 4.61. The molecule has 1 aliphatic rings. The van der Waals surface area contributed by atoms with Crippen LogP contribution >= 0.6 is 48.0 Å². The molecule has 7 heteroatoms. The van der Waals surface area contributed by atoms with Crippen LogP contribution in [-0.2, 0) is 0 Å². The van der Waals surface area contributed by atoms with Crippen molar-refractivity contribution in [3.8, 4) is 0 Å². The highest BCUT2D eigenvalue weighted by Gasteiger charge is 2.24. The number of nitrogens with zero attached hydrogens (tertiary/aromatic N) is 2. The average molecular weight is 389 g/mol. The van der Waals surface area contributed by atoms with Crippen molar-refractivity contribution < 1.29 is 0 Å². The topological polar surface area (TPSA) is 28.2 Å². The molecule has 128 valence electrons. The highest BCUT2D eigenvalue weighted by atomic mass is 35.5. The maximum Gasteiger partial charge on any atom is 0.135 e. The fourth-order valence-corrected chi connectivity index (χ4v) is 3.16. The number of hydrogen-bond donors (Lipinski definition) is 1. The molecule has 0 spiro atoms. The van der Waals surface area contributed by atoms with Gasteiger partial charge in [-0.05, 0) is 24.8 Å². The third-order valence-corrected chi connectivity index (χ3v) is 4.33. The van der Waals surface area contributed by atoms with Crippen LogP contribution in [0.1, 0.15) is 38.3 Å². The molecule has 1 atom stereocenters. The summed E-state index contributed by atoms with van der Waals surface area (Å²) >= 11 is 12.2. The maximum atomic E-state index is 6.32. The van der Waals surface area contributed by atoms with Gasteiger partial charge in [0.25, 0.3) is 0 Å². The van der Waals surface area contributed by atoms with Crippen molar-refractivity contribution in [2.45, 2.75) is 32.7 Å². The van der Waals surface area contributed by atoms with Gasteiger partial charge in [-0.15, -0.1) is 24.8 Å². The zero-order valence-corrected chi connectivity index (χ0v) is 16.2. The van der Waals surface area contributed by atoms with Crippen LogP contribution in [0.15, 0.2) is 12.1 Å². The second-order valence-electron chi connectivity index (χ2n) is 5.79. The second kappa shape index (κ2) is 10.9. The van der Waals surface area contributed by atoms with Crippen LogP contribution in [0, 0.1) is 5.92 Å². The van der Waals surface area contributed by atoms with Crippen LogP contribution in [0.25, 0.3) is 0 Å². The Morgan fingerprint density at radius 3 is 2.32 bits per heavy atom. The van der Waals surface area contributed by atoms with Crippen molar-refractivity contribution in [2.24, 2.45) is 5.92 Å². The van der Waals surface area contributed by atoms with Crippen molar-refractivity contribution in [3.05, 3.63) is 28.0 Å². The lowest BCUT2D eigenvalue weighted by molar-refractivity contribution is 0.159. The minimum atomic E-state index is 0. The molecule has 1 aromatic rings. The van der Waals surface area contributed by atoms with Crippen LogP contribution in [-0.4, -0.2) is 36.1 Å². The van der Waals surface area contributed by atoms with E-state index >= 15 is 0 Å². The first-order valence-electron chi connectivity index (χ1n) is 7.34. The van der Waals surface area contributed by atoms with E-state index in [9.17, 15) is 0 Å². The van der Waals surface area contributed by atoms with Crippen LogP contribution in [0.5, 0.6) is 0 Å².